The molecule has 1 atom stereocenters. The van der Waals surface area contributed by atoms with Crippen LogP contribution >= 0.6 is 27.5 Å². The Bertz CT molecular complexity index is 1130. The van der Waals surface area contributed by atoms with Gasteiger partial charge in [0.15, 0.2) is 0 Å². The van der Waals surface area contributed by atoms with Gasteiger partial charge in [-0.3, -0.25) is 4.90 Å². The number of carbonyl (C=O) groups is 2. The molecule has 7 nitrogen and oxygen atoms in total. The lowest BCUT2D eigenvalue weighted by molar-refractivity contribution is -0.139. The first-order valence-electron chi connectivity index (χ1n) is 8.95. The number of esters is 2. The van der Waals surface area contributed by atoms with Gasteiger partial charge in [0.25, 0.3) is 0 Å². The van der Waals surface area contributed by atoms with E-state index < -0.39 is 17.9 Å². The molecule has 0 saturated carbocycles. The highest BCUT2D eigenvalue weighted by Gasteiger charge is 2.42. The number of ether oxygens (including phenoxy) is 2. The molecule has 1 heterocycles. The molecule has 0 aromatic heterocycles. The number of halogens is 2. The highest BCUT2D eigenvalue weighted by Crippen LogP contribution is 2.43. The quantitative estimate of drug-likeness (QED) is 0.630. The topological polar surface area (TPSA) is 106 Å². The van der Waals surface area contributed by atoms with Crippen LogP contribution in [0.3, 0.4) is 0 Å². The van der Waals surface area contributed by atoms with Crippen molar-refractivity contribution in [2.45, 2.75) is 5.92 Å². The van der Waals surface area contributed by atoms with Crippen LogP contribution in [0.2, 0.25) is 5.02 Å². The molecule has 0 aliphatic carbocycles. The molecule has 1 unspecified atom stereocenters. The molecule has 2 N–H and O–H groups in total. The van der Waals surface area contributed by atoms with Crippen molar-refractivity contribution in [3.8, 4) is 6.07 Å². The van der Waals surface area contributed by atoms with Crippen molar-refractivity contribution >= 4 is 45.2 Å². The van der Waals surface area contributed by atoms with Gasteiger partial charge in [0.2, 0.25) is 0 Å². The van der Waals surface area contributed by atoms with Crippen LogP contribution in [0.25, 0.3) is 0 Å². The second-order valence-corrected chi connectivity index (χ2v) is 7.80. The van der Waals surface area contributed by atoms with Crippen molar-refractivity contribution < 1.29 is 19.1 Å². The minimum atomic E-state index is -0.949. The summed E-state index contributed by atoms with van der Waals surface area (Å²) < 4.78 is 10.8. The largest absolute Gasteiger partial charge is 0.466 e. The summed E-state index contributed by atoms with van der Waals surface area (Å²) in [7, 11) is 2.39. The molecule has 0 saturated heterocycles. The van der Waals surface area contributed by atoms with Crippen molar-refractivity contribution in [3.63, 3.8) is 0 Å². The summed E-state index contributed by atoms with van der Waals surface area (Å²) in [5, 5.41) is 10.4. The van der Waals surface area contributed by atoms with E-state index in [1.165, 1.54) is 19.1 Å². The molecule has 0 radical (unpaired) electrons. The summed E-state index contributed by atoms with van der Waals surface area (Å²) in [6, 6.07) is 15.5. The average Bonchev–Trinajstić information content (AvgIpc) is 2.78. The molecule has 9 heteroatoms. The number of nitrogens with zero attached hydrogens (tertiary/aromatic N) is 2. The fourth-order valence-electron chi connectivity index (χ4n) is 3.38. The number of allylic oxidation sites excluding steroid dienone is 1. The van der Waals surface area contributed by atoms with E-state index in [1.807, 2.05) is 0 Å². The number of rotatable bonds is 4. The monoisotopic (exact) mass is 501 g/mol. The highest BCUT2D eigenvalue weighted by molar-refractivity contribution is 9.10. The van der Waals surface area contributed by atoms with E-state index in [2.05, 4.69) is 22.0 Å². The lowest BCUT2D eigenvalue weighted by atomic mass is 9.81. The summed E-state index contributed by atoms with van der Waals surface area (Å²) in [4.78, 5) is 27.2. The predicted octanol–water partition coefficient (Wildman–Crippen LogP) is 4.00. The first-order chi connectivity index (χ1) is 14.8. The molecular formula is C22H17BrClN3O4. The third kappa shape index (κ3) is 4.15. The van der Waals surface area contributed by atoms with Gasteiger partial charge in [-0.05, 0) is 42.0 Å². The van der Waals surface area contributed by atoms with Gasteiger partial charge in [-0.2, -0.15) is 5.26 Å². The van der Waals surface area contributed by atoms with E-state index in [0.717, 1.165) is 4.47 Å². The number of nitriles is 1. The molecule has 0 bridgehead atoms. The van der Waals surface area contributed by atoms with Crippen LogP contribution in [0.4, 0.5) is 5.69 Å². The van der Waals surface area contributed by atoms with Gasteiger partial charge in [-0.1, -0.05) is 39.7 Å². The standard InChI is InChI=1S/C22H17BrClN3O4/c1-30-21(28)18-17(12-3-7-14(24)8-4-12)16(11-25)20(26)27(19(18)22(29)31-2)15-9-5-13(23)6-10-15/h3-10,17H,26H2,1-2H3. The highest BCUT2D eigenvalue weighted by atomic mass is 79.9. The Morgan fingerprint density at radius 1 is 1.06 bits per heavy atom. The number of anilines is 1. The average molecular weight is 503 g/mol. The zero-order valence-electron chi connectivity index (χ0n) is 16.6. The Hall–Kier alpha value is -3.28. The first kappa shape index (κ1) is 22.4. The molecule has 0 amide bonds. The molecule has 1 aliphatic heterocycles. The molecule has 2 aromatic rings. The molecule has 31 heavy (non-hydrogen) atoms. The van der Waals surface area contributed by atoms with Crippen LogP contribution in [0.5, 0.6) is 0 Å². The van der Waals surface area contributed by atoms with E-state index in [0.29, 0.717) is 16.3 Å². The second-order valence-electron chi connectivity index (χ2n) is 6.45. The Morgan fingerprint density at radius 3 is 2.16 bits per heavy atom. The third-order valence-corrected chi connectivity index (χ3v) is 5.55. The Kier molecular flexibility index (Phi) is 6.68. The first-order valence-corrected chi connectivity index (χ1v) is 10.1. The van der Waals surface area contributed by atoms with E-state index in [-0.39, 0.29) is 22.7 Å². The van der Waals surface area contributed by atoms with Crippen molar-refractivity contribution in [3.05, 3.63) is 86.3 Å². The van der Waals surface area contributed by atoms with Crippen molar-refractivity contribution in [1.82, 2.24) is 0 Å². The zero-order valence-corrected chi connectivity index (χ0v) is 18.9. The SMILES string of the molecule is COC(=O)C1=C(C(=O)OC)N(c2ccc(Br)cc2)C(N)=C(C#N)C1c1ccc(Cl)cc1. The Morgan fingerprint density at radius 2 is 1.65 bits per heavy atom. The smallest absolute Gasteiger partial charge is 0.355 e. The maximum atomic E-state index is 12.9. The number of benzene rings is 2. The molecule has 3 rings (SSSR count). The number of hydrogen-bond acceptors (Lipinski definition) is 7. The number of hydrogen-bond donors (Lipinski definition) is 1. The summed E-state index contributed by atoms with van der Waals surface area (Å²) in [6.45, 7) is 0. The summed E-state index contributed by atoms with van der Waals surface area (Å²) in [5.74, 6) is -2.54. The van der Waals surface area contributed by atoms with Gasteiger partial charge < -0.3 is 15.2 Å². The maximum absolute atomic E-state index is 12.9. The lowest BCUT2D eigenvalue weighted by Crippen LogP contribution is -2.40. The van der Waals surface area contributed by atoms with Crippen LogP contribution in [-0.2, 0) is 19.1 Å². The second kappa shape index (κ2) is 9.25. The molecule has 1 aliphatic rings. The van der Waals surface area contributed by atoms with E-state index in [1.54, 1.807) is 48.5 Å². The minimum absolute atomic E-state index is 0.00201. The maximum Gasteiger partial charge on any atom is 0.355 e. The normalized spacial score (nSPS) is 16.1. The molecule has 0 spiro atoms. The predicted molar refractivity (Wildman–Crippen MR) is 119 cm³/mol. The summed E-state index contributed by atoms with van der Waals surface area (Å²) in [5.41, 5.74) is 7.29. The van der Waals surface area contributed by atoms with Crippen molar-refractivity contribution in [1.29, 1.82) is 5.26 Å². The fraction of sp³-hybridized carbons (Fsp3) is 0.136. The molecule has 2 aromatic carbocycles. The van der Waals surface area contributed by atoms with E-state index in [9.17, 15) is 14.9 Å². The van der Waals surface area contributed by atoms with Crippen LogP contribution in [0, 0.1) is 11.3 Å². The minimum Gasteiger partial charge on any atom is -0.466 e. The lowest BCUT2D eigenvalue weighted by Gasteiger charge is -2.35. The molecule has 158 valence electrons. The van der Waals surface area contributed by atoms with Crippen LogP contribution in [-0.4, -0.2) is 26.2 Å². The summed E-state index contributed by atoms with van der Waals surface area (Å²) >= 11 is 9.36. The van der Waals surface area contributed by atoms with Gasteiger partial charge in [-0.25, -0.2) is 9.59 Å². The number of nitrogens with two attached hydrogens (primary N) is 1. The van der Waals surface area contributed by atoms with Crippen LogP contribution in [0.15, 0.2) is 75.7 Å². The van der Waals surface area contributed by atoms with Gasteiger partial charge in [0.1, 0.15) is 11.5 Å². The van der Waals surface area contributed by atoms with Gasteiger partial charge in [0.05, 0.1) is 37.4 Å². The van der Waals surface area contributed by atoms with Gasteiger partial charge in [0, 0.05) is 15.2 Å². The molecule has 0 fully saturated rings. The number of methoxy groups -OCH3 is 2. The zero-order chi connectivity index (χ0) is 22.7. The van der Waals surface area contributed by atoms with E-state index in [4.69, 9.17) is 26.8 Å². The van der Waals surface area contributed by atoms with Crippen molar-refractivity contribution in [2.24, 2.45) is 5.73 Å². The molecular weight excluding hydrogens is 486 g/mol. The fourth-order valence-corrected chi connectivity index (χ4v) is 3.77. The van der Waals surface area contributed by atoms with Crippen LogP contribution < -0.4 is 10.6 Å². The van der Waals surface area contributed by atoms with Gasteiger partial charge in [-0.15, -0.1) is 0 Å². The Balaban J connectivity index is 2.39. The number of carbonyl (C=O) groups excluding carboxylic acids is 2. The Labute approximate surface area is 192 Å². The summed E-state index contributed by atoms with van der Waals surface area (Å²) in [6.07, 6.45) is 0. The van der Waals surface area contributed by atoms with Gasteiger partial charge >= 0.3 is 11.9 Å². The third-order valence-electron chi connectivity index (χ3n) is 4.77. The van der Waals surface area contributed by atoms with Crippen LogP contribution in [0.1, 0.15) is 11.5 Å². The van der Waals surface area contributed by atoms with Crippen molar-refractivity contribution in [2.75, 3.05) is 19.1 Å². The van der Waals surface area contributed by atoms with E-state index >= 15 is 0 Å².